The Morgan fingerprint density at radius 1 is 1.17 bits per heavy atom. The summed E-state index contributed by atoms with van der Waals surface area (Å²) in [4.78, 5) is 16.4. The normalized spacial score (nSPS) is 18.4. The maximum absolute atomic E-state index is 12.2. The number of hydrogen-bond acceptors (Lipinski definition) is 5. The van der Waals surface area contributed by atoms with Gasteiger partial charge in [0.15, 0.2) is 0 Å². The predicted molar refractivity (Wildman–Crippen MR) is 96.6 cm³/mol. The van der Waals surface area contributed by atoms with Crippen LogP contribution in [0.25, 0.3) is 0 Å². The molecule has 1 aliphatic rings. The molecular formula is C15H32ClN3O3S. The van der Waals surface area contributed by atoms with Crippen molar-refractivity contribution in [2.45, 2.75) is 39.7 Å². The van der Waals surface area contributed by atoms with E-state index in [2.05, 4.69) is 25.7 Å². The third-order valence-electron chi connectivity index (χ3n) is 3.98. The van der Waals surface area contributed by atoms with Crippen LogP contribution in [-0.4, -0.2) is 74.9 Å². The van der Waals surface area contributed by atoms with Crippen molar-refractivity contribution in [3.63, 3.8) is 0 Å². The molecule has 1 unspecified atom stereocenters. The zero-order valence-corrected chi connectivity index (χ0v) is 16.4. The quantitative estimate of drug-likeness (QED) is 0.746. The molecule has 0 spiro atoms. The van der Waals surface area contributed by atoms with Crippen molar-refractivity contribution in [1.82, 2.24) is 9.80 Å². The maximum Gasteiger partial charge on any atom is 0.239 e. The van der Waals surface area contributed by atoms with E-state index >= 15 is 0 Å². The number of rotatable bonds is 6. The van der Waals surface area contributed by atoms with Crippen molar-refractivity contribution in [1.29, 1.82) is 0 Å². The molecule has 0 saturated carbocycles. The predicted octanol–water partition coefficient (Wildman–Crippen LogP) is 0.751. The average molecular weight is 370 g/mol. The number of halogens is 1. The molecule has 1 atom stereocenters. The first kappa shape index (κ1) is 22.6. The third-order valence-corrected chi connectivity index (χ3v) is 4.96. The monoisotopic (exact) mass is 369 g/mol. The second-order valence-corrected chi connectivity index (χ2v) is 9.76. The summed E-state index contributed by atoms with van der Waals surface area (Å²) in [5.74, 6) is -0.162. The van der Waals surface area contributed by atoms with Crippen LogP contribution in [-0.2, 0) is 14.6 Å². The number of carbonyl (C=O) groups excluding carboxylic acids is 1. The van der Waals surface area contributed by atoms with Gasteiger partial charge in [-0.2, -0.15) is 0 Å². The van der Waals surface area contributed by atoms with Gasteiger partial charge in [0.1, 0.15) is 9.84 Å². The van der Waals surface area contributed by atoms with Crippen LogP contribution in [0.5, 0.6) is 0 Å². The molecule has 1 fully saturated rings. The van der Waals surface area contributed by atoms with Gasteiger partial charge in [0.2, 0.25) is 5.91 Å². The Morgan fingerprint density at radius 2 is 1.70 bits per heavy atom. The lowest BCUT2D eigenvalue weighted by molar-refractivity contribution is -0.134. The molecule has 0 bridgehead atoms. The van der Waals surface area contributed by atoms with Crippen LogP contribution in [0.1, 0.15) is 33.6 Å². The summed E-state index contributed by atoms with van der Waals surface area (Å²) in [5.41, 5.74) is 6.16. The van der Waals surface area contributed by atoms with E-state index in [-0.39, 0.29) is 30.5 Å². The Balaban J connectivity index is 0.00000484. The van der Waals surface area contributed by atoms with Crippen molar-refractivity contribution in [3.8, 4) is 0 Å². The van der Waals surface area contributed by atoms with E-state index in [4.69, 9.17) is 5.73 Å². The number of nitrogens with two attached hydrogens (primary N) is 1. The number of hydrogen-bond donors (Lipinski definition) is 1. The van der Waals surface area contributed by atoms with Crippen LogP contribution < -0.4 is 5.73 Å². The summed E-state index contributed by atoms with van der Waals surface area (Å²) >= 11 is 0. The SMILES string of the molecule is CC(C)(C)CCN1CCN(C(=O)C(N)CCS(C)(=O)=O)CC1.Cl. The smallest absolute Gasteiger partial charge is 0.239 e. The lowest BCUT2D eigenvalue weighted by Gasteiger charge is -2.36. The number of sulfone groups is 1. The van der Waals surface area contributed by atoms with Crippen LogP contribution in [0.15, 0.2) is 0 Å². The molecule has 0 aliphatic carbocycles. The van der Waals surface area contributed by atoms with Gasteiger partial charge in [0.25, 0.3) is 0 Å². The highest BCUT2D eigenvalue weighted by atomic mass is 35.5. The zero-order valence-electron chi connectivity index (χ0n) is 14.7. The first-order valence-electron chi connectivity index (χ1n) is 7.92. The van der Waals surface area contributed by atoms with Gasteiger partial charge < -0.3 is 10.6 Å². The number of carbonyl (C=O) groups is 1. The Labute approximate surface area is 147 Å². The van der Waals surface area contributed by atoms with E-state index in [0.717, 1.165) is 32.3 Å². The average Bonchev–Trinajstić information content (AvgIpc) is 2.40. The fourth-order valence-corrected chi connectivity index (χ4v) is 3.07. The summed E-state index contributed by atoms with van der Waals surface area (Å²) in [6, 6.07) is -0.712. The second-order valence-electron chi connectivity index (χ2n) is 7.50. The van der Waals surface area contributed by atoms with Crippen LogP contribution >= 0.6 is 12.4 Å². The van der Waals surface area contributed by atoms with E-state index in [1.54, 1.807) is 4.90 Å². The van der Waals surface area contributed by atoms with Gasteiger partial charge in [0, 0.05) is 32.4 Å². The van der Waals surface area contributed by atoms with Gasteiger partial charge in [0.05, 0.1) is 11.8 Å². The number of piperazine rings is 1. The number of nitrogens with zero attached hydrogens (tertiary/aromatic N) is 2. The topological polar surface area (TPSA) is 83.7 Å². The fraction of sp³-hybridized carbons (Fsp3) is 0.933. The van der Waals surface area contributed by atoms with Crippen molar-refractivity contribution in [3.05, 3.63) is 0 Å². The molecule has 138 valence electrons. The molecule has 0 aromatic heterocycles. The summed E-state index contributed by atoms with van der Waals surface area (Å²) in [6.07, 6.45) is 2.49. The minimum atomic E-state index is -3.07. The highest BCUT2D eigenvalue weighted by Gasteiger charge is 2.26. The Bertz CT molecular complexity index is 469. The van der Waals surface area contributed by atoms with E-state index in [1.165, 1.54) is 0 Å². The molecule has 2 N–H and O–H groups in total. The molecule has 1 rings (SSSR count). The Hall–Kier alpha value is -0.370. The van der Waals surface area contributed by atoms with Gasteiger partial charge >= 0.3 is 0 Å². The van der Waals surface area contributed by atoms with Crippen molar-refractivity contribution >= 4 is 28.2 Å². The molecule has 0 aromatic carbocycles. The van der Waals surface area contributed by atoms with Crippen LogP contribution in [0.4, 0.5) is 0 Å². The lowest BCUT2D eigenvalue weighted by Crippen LogP contribution is -2.53. The largest absolute Gasteiger partial charge is 0.339 e. The Kier molecular flexibility index (Phi) is 9.05. The molecule has 1 aliphatic heterocycles. The first-order chi connectivity index (χ1) is 9.98. The summed E-state index contributed by atoms with van der Waals surface area (Å²) in [7, 11) is -3.07. The fourth-order valence-electron chi connectivity index (χ4n) is 2.38. The van der Waals surface area contributed by atoms with E-state index in [0.29, 0.717) is 18.5 Å². The third kappa shape index (κ3) is 9.49. The molecule has 8 heteroatoms. The van der Waals surface area contributed by atoms with Crippen molar-refractivity contribution < 1.29 is 13.2 Å². The van der Waals surface area contributed by atoms with Gasteiger partial charge in [-0.15, -0.1) is 12.4 Å². The molecular weight excluding hydrogens is 338 g/mol. The van der Waals surface area contributed by atoms with E-state index in [9.17, 15) is 13.2 Å². The van der Waals surface area contributed by atoms with Gasteiger partial charge in [-0.3, -0.25) is 9.69 Å². The van der Waals surface area contributed by atoms with Gasteiger partial charge in [-0.25, -0.2) is 8.42 Å². The van der Waals surface area contributed by atoms with E-state index < -0.39 is 15.9 Å². The molecule has 1 saturated heterocycles. The minimum Gasteiger partial charge on any atom is -0.339 e. The zero-order chi connectivity index (χ0) is 17.0. The van der Waals surface area contributed by atoms with Crippen LogP contribution in [0, 0.1) is 5.41 Å². The molecule has 0 radical (unpaired) electrons. The number of amides is 1. The van der Waals surface area contributed by atoms with Crippen molar-refractivity contribution in [2.75, 3.05) is 44.7 Å². The summed E-state index contributed by atoms with van der Waals surface area (Å²) in [6.45, 7) is 10.8. The summed E-state index contributed by atoms with van der Waals surface area (Å²) < 4.78 is 22.3. The van der Waals surface area contributed by atoms with E-state index in [1.807, 2.05) is 0 Å². The van der Waals surface area contributed by atoms with Crippen LogP contribution in [0.3, 0.4) is 0 Å². The standard InChI is InChI=1S/C15H31N3O3S.ClH/c1-15(2,3)6-7-17-8-10-18(11-9-17)14(19)13(16)5-12-22(4,20)21;/h13H,5-12,16H2,1-4H3;1H. The van der Waals surface area contributed by atoms with Crippen molar-refractivity contribution in [2.24, 2.45) is 11.1 Å². The molecule has 0 aromatic rings. The highest BCUT2D eigenvalue weighted by molar-refractivity contribution is 7.90. The second kappa shape index (κ2) is 9.20. The first-order valence-corrected chi connectivity index (χ1v) is 9.98. The van der Waals surface area contributed by atoms with Gasteiger partial charge in [-0.1, -0.05) is 20.8 Å². The molecule has 1 amide bonds. The molecule has 6 nitrogen and oxygen atoms in total. The summed E-state index contributed by atoms with van der Waals surface area (Å²) in [5, 5.41) is 0. The van der Waals surface area contributed by atoms with Gasteiger partial charge in [-0.05, 0) is 24.8 Å². The minimum absolute atomic E-state index is 0. The molecule has 23 heavy (non-hydrogen) atoms. The lowest BCUT2D eigenvalue weighted by atomic mass is 9.92. The maximum atomic E-state index is 12.2. The Morgan fingerprint density at radius 3 is 2.13 bits per heavy atom. The highest BCUT2D eigenvalue weighted by Crippen LogP contribution is 2.19. The van der Waals surface area contributed by atoms with Crippen LogP contribution in [0.2, 0.25) is 0 Å². The molecule has 1 heterocycles.